The third-order valence-electron chi connectivity index (χ3n) is 12.1. The molecule has 1 aliphatic carbocycles. The Morgan fingerprint density at radius 3 is 1.61 bits per heavy atom. The fourth-order valence-corrected chi connectivity index (χ4v) is 9.17. The molecule has 0 bridgehead atoms. The van der Waals surface area contributed by atoms with Crippen LogP contribution in [0.5, 0.6) is 11.5 Å². The van der Waals surface area contributed by atoms with E-state index in [1.807, 2.05) is 0 Å². The molecule has 1 heterocycles. The van der Waals surface area contributed by atoms with Crippen LogP contribution in [0.3, 0.4) is 0 Å². The van der Waals surface area contributed by atoms with Crippen LogP contribution in [0.25, 0.3) is 66.4 Å². The average Bonchev–Trinajstić information content (AvgIpc) is 3.40. The summed E-state index contributed by atoms with van der Waals surface area (Å²) in [7, 11) is 0. The maximum atomic E-state index is 7.26. The Hall–Kier alpha value is -7.16. The minimum Gasteiger partial charge on any atom is -0.455 e. The first kappa shape index (κ1) is 33.2. The molecule has 9 aromatic rings. The number of hydrogen-bond donors (Lipinski definition) is 0. The van der Waals surface area contributed by atoms with Gasteiger partial charge in [-0.1, -0.05) is 159 Å². The quantitative estimate of drug-likeness (QED) is 0.175. The molecule has 0 fully saturated rings. The monoisotopic (exact) mass is 729 g/mol. The molecule has 0 unspecified atom stereocenters. The predicted octanol–water partition coefficient (Wildman–Crippen LogP) is 15.4. The molecule has 9 aromatic carbocycles. The second-order valence-electron chi connectivity index (χ2n) is 15.7. The van der Waals surface area contributed by atoms with Crippen LogP contribution in [0.4, 0.5) is 17.1 Å². The number of ether oxygens (including phenoxy) is 1. The van der Waals surface area contributed by atoms with E-state index in [-0.39, 0.29) is 5.41 Å². The molecule has 0 saturated carbocycles. The van der Waals surface area contributed by atoms with Crippen LogP contribution in [0, 0.1) is 0 Å². The van der Waals surface area contributed by atoms with Crippen molar-refractivity contribution in [2.24, 2.45) is 0 Å². The van der Waals surface area contributed by atoms with E-state index < -0.39 is 0 Å². The zero-order valence-electron chi connectivity index (χ0n) is 31.9. The largest absolute Gasteiger partial charge is 0.455 e. The van der Waals surface area contributed by atoms with Gasteiger partial charge >= 0.3 is 0 Å². The first-order valence-corrected chi connectivity index (χ1v) is 19.8. The normalized spacial score (nSPS) is 13.0. The van der Waals surface area contributed by atoms with Crippen molar-refractivity contribution in [3.05, 3.63) is 211 Å². The first-order valence-electron chi connectivity index (χ1n) is 19.8. The molecule has 2 nitrogen and oxygen atoms in total. The number of rotatable bonds is 5. The summed E-state index contributed by atoms with van der Waals surface area (Å²) in [6, 6.07) is 72.5. The first-order chi connectivity index (χ1) is 28.0. The Morgan fingerprint density at radius 2 is 0.877 bits per heavy atom. The van der Waals surface area contributed by atoms with Crippen molar-refractivity contribution in [2.75, 3.05) is 4.90 Å². The maximum absolute atomic E-state index is 7.26. The fourth-order valence-electron chi connectivity index (χ4n) is 9.17. The van der Waals surface area contributed by atoms with Crippen LogP contribution in [-0.2, 0) is 5.41 Å². The molecular formula is C55H39NO. The van der Waals surface area contributed by atoms with Crippen molar-refractivity contribution >= 4 is 27.8 Å². The van der Waals surface area contributed by atoms with Gasteiger partial charge in [0.15, 0.2) is 0 Å². The van der Waals surface area contributed by atoms with E-state index in [1.54, 1.807) is 0 Å². The summed E-state index contributed by atoms with van der Waals surface area (Å²) >= 11 is 0. The van der Waals surface area contributed by atoms with Crippen molar-refractivity contribution in [1.82, 2.24) is 0 Å². The third-order valence-corrected chi connectivity index (χ3v) is 12.1. The predicted molar refractivity (Wildman–Crippen MR) is 238 cm³/mol. The maximum Gasteiger partial charge on any atom is 0.143 e. The Kier molecular flexibility index (Phi) is 7.55. The van der Waals surface area contributed by atoms with Crippen molar-refractivity contribution in [3.8, 4) is 67.1 Å². The molecule has 2 heteroatoms. The van der Waals surface area contributed by atoms with Gasteiger partial charge < -0.3 is 9.64 Å². The third kappa shape index (κ3) is 5.40. The van der Waals surface area contributed by atoms with Crippen LogP contribution >= 0.6 is 0 Å². The molecule has 0 atom stereocenters. The lowest BCUT2D eigenvalue weighted by Gasteiger charge is -2.29. The van der Waals surface area contributed by atoms with E-state index in [0.717, 1.165) is 56.4 Å². The van der Waals surface area contributed by atoms with Crippen molar-refractivity contribution < 1.29 is 4.74 Å². The second-order valence-corrected chi connectivity index (χ2v) is 15.7. The topological polar surface area (TPSA) is 12.5 Å². The second kappa shape index (κ2) is 13.0. The Bertz CT molecular complexity index is 3000. The minimum absolute atomic E-state index is 0.133. The Morgan fingerprint density at radius 1 is 0.351 bits per heavy atom. The highest BCUT2D eigenvalue weighted by Crippen LogP contribution is 2.54. The summed E-state index contributed by atoms with van der Waals surface area (Å²) in [5, 5.41) is 2.41. The van der Waals surface area contributed by atoms with Crippen molar-refractivity contribution in [2.45, 2.75) is 19.3 Å². The van der Waals surface area contributed by atoms with E-state index >= 15 is 0 Å². The smallest absolute Gasteiger partial charge is 0.143 e. The molecule has 57 heavy (non-hydrogen) atoms. The molecule has 0 saturated heterocycles. The highest BCUT2D eigenvalue weighted by Gasteiger charge is 2.36. The molecule has 1 aliphatic heterocycles. The van der Waals surface area contributed by atoms with Crippen LogP contribution in [-0.4, -0.2) is 0 Å². The highest BCUT2D eigenvalue weighted by molar-refractivity contribution is 6.02. The van der Waals surface area contributed by atoms with Gasteiger partial charge in [0.25, 0.3) is 0 Å². The van der Waals surface area contributed by atoms with Crippen molar-refractivity contribution in [1.29, 1.82) is 0 Å². The Balaban J connectivity index is 1.12. The molecule has 2 aliphatic rings. The summed E-state index contributed by atoms with van der Waals surface area (Å²) < 4.78 is 7.26. The molecule has 0 N–H and O–H groups in total. The molecule has 0 spiro atoms. The summed E-state index contributed by atoms with van der Waals surface area (Å²) in [5.41, 5.74) is 17.5. The lowest BCUT2D eigenvalue weighted by Crippen LogP contribution is -2.16. The molecule has 0 amide bonds. The number of hydrogen-bond acceptors (Lipinski definition) is 2. The Labute approximate surface area is 333 Å². The van der Waals surface area contributed by atoms with Gasteiger partial charge in [0, 0.05) is 45.2 Å². The van der Waals surface area contributed by atoms with Crippen LogP contribution in [0.2, 0.25) is 0 Å². The van der Waals surface area contributed by atoms with Crippen LogP contribution in [0.1, 0.15) is 25.0 Å². The van der Waals surface area contributed by atoms with E-state index in [4.69, 9.17) is 4.74 Å². The summed E-state index contributed by atoms with van der Waals surface area (Å²) in [4.78, 5) is 2.38. The number of nitrogens with zero attached hydrogens (tertiary/aromatic N) is 1. The molecule has 0 radical (unpaired) electrons. The average molecular weight is 730 g/mol. The molecule has 11 rings (SSSR count). The summed E-state index contributed by atoms with van der Waals surface area (Å²) in [6.07, 6.45) is 0. The lowest BCUT2D eigenvalue weighted by atomic mass is 9.82. The fraction of sp³-hybridized carbons (Fsp3) is 0.0545. The standard InChI is InChI=1S/C55H39NO/c1-55(2)51-23-12-11-20-45(51)46-30-28-42(34-52(46)55)56(41-26-24-37(25-27-41)36-14-5-3-6-15-36)43-29-31-47-49-32-39-18-9-10-19-40(39)33-50(49)48-22-13-21-44(38-16-7-4-8-17-38)54(48)57-53(47)35-43/h3-35H,1-2H3. The van der Waals surface area contributed by atoms with Crippen molar-refractivity contribution in [3.63, 3.8) is 0 Å². The zero-order valence-corrected chi connectivity index (χ0v) is 31.9. The van der Waals surface area contributed by atoms with E-state index in [0.29, 0.717) is 0 Å². The van der Waals surface area contributed by atoms with E-state index in [9.17, 15) is 0 Å². The SMILES string of the molecule is CC1(C)c2ccccc2-c2ccc(N(c3ccc(-c4ccccc4)cc3)c3ccc4c(c3)Oc3c(-c5ccccc5)cccc3-c3cc5ccccc5cc3-4)cc21. The van der Waals surface area contributed by atoms with Gasteiger partial charge in [-0.2, -0.15) is 0 Å². The number of para-hydroxylation sites is 1. The zero-order chi connectivity index (χ0) is 38.1. The van der Waals surface area contributed by atoms with Gasteiger partial charge in [0.1, 0.15) is 11.5 Å². The van der Waals surface area contributed by atoms with Gasteiger partial charge in [0.05, 0.1) is 0 Å². The van der Waals surface area contributed by atoms with Gasteiger partial charge in [-0.25, -0.2) is 0 Å². The van der Waals surface area contributed by atoms with Crippen LogP contribution < -0.4 is 9.64 Å². The summed E-state index contributed by atoms with van der Waals surface area (Å²) in [6.45, 7) is 4.69. The van der Waals surface area contributed by atoms with E-state index in [2.05, 4.69) is 219 Å². The lowest BCUT2D eigenvalue weighted by molar-refractivity contribution is 0.489. The van der Waals surface area contributed by atoms with Gasteiger partial charge in [-0.05, 0) is 109 Å². The number of fused-ring (bicyclic) bond motifs is 9. The van der Waals surface area contributed by atoms with Gasteiger partial charge in [0.2, 0.25) is 0 Å². The molecule has 0 aromatic heterocycles. The molecule has 270 valence electrons. The molecular weight excluding hydrogens is 691 g/mol. The van der Waals surface area contributed by atoms with Crippen LogP contribution in [0.15, 0.2) is 200 Å². The number of benzene rings is 9. The minimum atomic E-state index is -0.133. The summed E-state index contributed by atoms with van der Waals surface area (Å²) in [5.74, 6) is 1.69. The number of anilines is 3. The van der Waals surface area contributed by atoms with E-state index in [1.165, 1.54) is 49.7 Å². The highest BCUT2D eigenvalue weighted by atomic mass is 16.5. The van der Waals surface area contributed by atoms with Gasteiger partial charge in [-0.3, -0.25) is 0 Å². The van der Waals surface area contributed by atoms with Gasteiger partial charge in [-0.15, -0.1) is 0 Å².